The number of pyridine rings is 1. The second-order valence-electron chi connectivity index (χ2n) is 3.09. The van der Waals surface area contributed by atoms with E-state index in [1.807, 2.05) is 6.92 Å². The van der Waals surface area contributed by atoms with Crippen LogP contribution >= 0.6 is 33.8 Å². The average Bonchev–Trinajstić information content (AvgIpc) is 2.72. The lowest BCUT2D eigenvalue weighted by molar-refractivity contribution is 0.622. The van der Waals surface area contributed by atoms with Gasteiger partial charge in [0, 0.05) is 11.8 Å². The summed E-state index contributed by atoms with van der Waals surface area (Å²) in [7, 11) is 1.38. The Balaban J connectivity index is 2.44. The van der Waals surface area contributed by atoms with Crippen LogP contribution in [0.5, 0.6) is 0 Å². The van der Waals surface area contributed by atoms with Gasteiger partial charge < -0.3 is 0 Å². The van der Waals surface area contributed by atoms with Crippen molar-refractivity contribution in [2.45, 2.75) is 17.6 Å². The number of aryl methyl sites for hydroxylation is 1. The van der Waals surface area contributed by atoms with E-state index in [-0.39, 0.29) is 5.82 Å². The van der Waals surface area contributed by atoms with Gasteiger partial charge in [-0.05, 0) is 23.3 Å². The van der Waals surface area contributed by atoms with E-state index in [0.29, 0.717) is 5.56 Å². The van der Waals surface area contributed by atoms with Crippen molar-refractivity contribution in [1.29, 1.82) is 0 Å². The monoisotopic (exact) mass is 272 g/mol. The minimum Gasteiger partial charge on any atom is -0.261 e. The standard InChI is InChI=1S/C10H9FN2S3/c1-2-8-10(16-14)15-9(13-8)6-3-7(11)5-12-4-6/h3-5,14H,2H2,1H3. The summed E-state index contributed by atoms with van der Waals surface area (Å²) in [6.45, 7) is 2.04. The number of nitrogens with zero attached hydrogens (tertiary/aromatic N) is 2. The summed E-state index contributed by atoms with van der Waals surface area (Å²) < 4.78 is 14.1. The van der Waals surface area contributed by atoms with Gasteiger partial charge in [-0.1, -0.05) is 6.92 Å². The van der Waals surface area contributed by atoms with Crippen molar-refractivity contribution in [3.05, 3.63) is 30.0 Å². The summed E-state index contributed by atoms with van der Waals surface area (Å²) >= 11 is 5.69. The molecule has 0 radical (unpaired) electrons. The summed E-state index contributed by atoms with van der Waals surface area (Å²) in [6, 6.07) is 1.44. The van der Waals surface area contributed by atoms with Crippen molar-refractivity contribution in [2.75, 3.05) is 0 Å². The predicted molar refractivity (Wildman–Crippen MR) is 69.5 cm³/mol. The zero-order valence-corrected chi connectivity index (χ0v) is 11.0. The lowest BCUT2D eigenvalue weighted by atomic mass is 10.3. The molecule has 0 saturated heterocycles. The molecule has 0 saturated carbocycles. The SMILES string of the molecule is CCc1nc(-c2cncc(F)c2)sc1SS. The van der Waals surface area contributed by atoms with Gasteiger partial charge in [-0.15, -0.1) is 23.0 Å². The molecule has 0 spiro atoms. The average molecular weight is 272 g/mol. The molecule has 0 aliphatic heterocycles. The minimum atomic E-state index is -0.342. The highest BCUT2D eigenvalue weighted by Crippen LogP contribution is 2.36. The second kappa shape index (κ2) is 5.16. The van der Waals surface area contributed by atoms with Crippen molar-refractivity contribution in [3.8, 4) is 10.6 Å². The molecule has 0 amide bonds. The lowest BCUT2D eigenvalue weighted by Gasteiger charge is -1.94. The van der Waals surface area contributed by atoms with Gasteiger partial charge in [-0.25, -0.2) is 9.37 Å². The van der Waals surface area contributed by atoms with Crippen LogP contribution in [0.3, 0.4) is 0 Å². The highest BCUT2D eigenvalue weighted by atomic mass is 33.1. The number of thiazole rings is 1. The molecule has 2 heterocycles. The normalized spacial score (nSPS) is 10.7. The molecule has 0 fully saturated rings. The highest BCUT2D eigenvalue weighted by Gasteiger charge is 2.11. The Labute approximate surface area is 106 Å². The summed E-state index contributed by atoms with van der Waals surface area (Å²) in [4.78, 5) is 8.27. The lowest BCUT2D eigenvalue weighted by Crippen LogP contribution is -1.84. The van der Waals surface area contributed by atoms with Crippen molar-refractivity contribution in [1.82, 2.24) is 9.97 Å². The van der Waals surface area contributed by atoms with E-state index in [0.717, 1.165) is 21.3 Å². The van der Waals surface area contributed by atoms with Crippen molar-refractivity contribution < 1.29 is 4.39 Å². The van der Waals surface area contributed by atoms with Crippen molar-refractivity contribution >= 4 is 33.8 Å². The van der Waals surface area contributed by atoms with Crippen LogP contribution in [0.1, 0.15) is 12.6 Å². The molecule has 6 heteroatoms. The van der Waals surface area contributed by atoms with E-state index in [1.54, 1.807) is 6.20 Å². The zero-order chi connectivity index (χ0) is 11.5. The van der Waals surface area contributed by atoms with Gasteiger partial charge in [-0.3, -0.25) is 4.98 Å². The van der Waals surface area contributed by atoms with E-state index in [9.17, 15) is 4.39 Å². The predicted octanol–water partition coefficient (Wildman–Crippen LogP) is 3.84. The molecule has 2 aromatic heterocycles. The first-order valence-corrected chi connectivity index (χ1v) is 7.35. The van der Waals surface area contributed by atoms with Crippen LogP contribution in [-0.4, -0.2) is 9.97 Å². The van der Waals surface area contributed by atoms with Gasteiger partial charge >= 0.3 is 0 Å². The summed E-state index contributed by atoms with van der Waals surface area (Å²) in [5, 5.41) is 0.792. The van der Waals surface area contributed by atoms with Crippen LogP contribution in [0, 0.1) is 5.82 Å². The maximum Gasteiger partial charge on any atom is 0.142 e. The molecule has 0 N–H and O–H groups in total. The number of thiol groups is 1. The molecule has 0 aliphatic rings. The highest BCUT2D eigenvalue weighted by molar-refractivity contribution is 8.69. The quantitative estimate of drug-likeness (QED) is 0.679. The molecule has 84 valence electrons. The summed E-state index contributed by atoms with van der Waals surface area (Å²) in [5.41, 5.74) is 1.72. The molecule has 2 aromatic rings. The third kappa shape index (κ3) is 2.39. The molecule has 0 atom stereocenters. The molecule has 0 aromatic carbocycles. The van der Waals surface area contributed by atoms with E-state index >= 15 is 0 Å². The second-order valence-corrected chi connectivity index (χ2v) is 5.49. The van der Waals surface area contributed by atoms with Gasteiger partial charge in [0.1, 0.15) is 10.8 Å². The first kappa shape index (κ1) is 11.9. The van der Waals surface area contributed by atoms with Gasteiger partial charge in [0.2, 0.25) is 0 Å². The first-order chi connectivity index (χ1) is 7.74. The molecular weight excluding hydrogens is 263 g/mol. The Hall–Kier alpha value is -0.590. The van der Waals surface area contributed by atoms with E-state index in [1.165, 1.54) is 34.4 Å². The molecule has 2 rings (SSSR count). The summed E-state index contributed by atoms with van der Waals surface area (Å²) in [6.07, 6.45) is 3.66. The fraction of sp³-hybridized carbons (Fsp3) is 0.200. The topological polar surface area (TPSA) is 25.8 Å². The van der Waals surface area contributed by atoms with Crippen LogP contribution in [0.15, 0.2) is 22.7 Å². The Morgan fingerprint density at radius 2 is 2.31 bits per heavy atom. The smallest absolute Gasteiger partial charge is 0.142 e. The Kier molecular flexibility index (Phi) is 3.83. The van der Waals surface area contributed by atoms with Crippen LogP contribution in [0.4, 0.5) is 4.39 Å². The summed E-state index contributed by atoms with van der Waals surface area (Å²) in [5.74, 6) is -0.342. The third-order valence-corrected chi connectivity index (χ3v) is 4.79. The maximum absolute atomic E-state index is 13.0. The number of aromatic nitrogens is 2. The molecule has 16 heavy (non-hydrogen) atoms. The Morgan fingerprint density at radius 1 is 1.50 bits per heavy atom. The minimum absolute atomic E-state index is 0.342. The van der Waals surface area contributed by atoms with E-state index in [4.69, 9.17) is 0 Å². The van der Waals surface area contributed by atoms with Gasteiger partial charge in [0.15, 0.2) is 0 Å². The van der Waals surface area contributed by atoms with Gasteiger partial charge in [0.05, 0.1) is 16.1 Å². The van der Waals surface area contributed by atoms with E-state index < -0.39 is 0 Å². The molecule has 0 unspecified atom stereocenters. The Bertz CT molecular complexity index is 477. The fourth-order valence-corrected chi connectivity index (χ4v) is 3.49. The molecule has 0 aliphatic carbocycles. The van der Waals surface area contributed by atoms with Crippen molar-refractivity contribution in [2.24, 2.45) is 0 Å². The van der Waals surface area contributed by atoms with Crippen LogP contribution < -0.4 is 0 Å². The first-order valence-electron chi connectivity index (χ1n) is 4.66. The largest absolute Gasteiger partial charge is 0.261 e. The number of hydrogen-bond donors (Lipinski definition) is 1. The fourth-order valence-electron chi connectivity index (χ4n) is 1.28. The van der Waals surface area contributed by atoms with Crippen molar-refractivity contribution in [3.63, 3.8) is 0 Å². The zero-order valence-electron chi connectivity index (χ0n) is 8.48. The molecular formula is C10H9FN2S3. The Morgan fingerprint density at radius 3 is 2.88 bits per heavy atom. The number of hydrogen-bond acceptors (Lipinski definition) is 5. The molecule has 0 bridgehead atoms. The number of rotatable bonds is 3. The van der Waals surface area contributed by atoms with E-state index in [2.05, 4.69) is 21.6 Å². The maximum atomic E-state index is 13.0. The third-order valence-electron chi connectivity index (χ3n) is 2.03. The van der Waals surface area contributed by atoms with Crippen LogP contribution in [0.25, 0.3) is 10.6 Å². The van der Waals surface area contributed by atoms with Crippen LogP contribution in [-0.2, 0) is 6.42 Å². The molecule has 2 nitrogen and oxygen atoms in total. The van der Waals surface area contributed by atoms with Crippen LogP contribution in [0.2, 0.25) is 0 Å². The van der Waals surface area contributed by atoms with Gasteiger partial charge in [-0.2, -0.15) is 0 Å². The number of halogens is 1. The van der Waals surface area contributed by atoms with Gasteiger partial charge in [0.25, 0.3) is 0 Å².